The number of nitrogens with one attached hydrogen (secondary N) is 1. The number of ether oxygens (including phenoxy) is 2. The van der Waals surface area contributed by atoms with E-state index in [9.17, 15) is 19.8 Å². The van der Waals surface area contributed by atoms with Crippen molar-refractivity contribution in [2.24, 2.45) is 0 Å². The van der Waals surface area contributed by atoms with Gasteiger partial charge >= 0.3 is 5.69 Å². The molecule has 0 aliphatic carbocycles. The third-order valence-electron chi connectivity index (χ3n) is 5.28. The average molecular weight is 356 g/mol. The summed E-state index contributed by atoms with van der Waals surface area (Å²) in [6, 6.07) is 0. The molecule has 3 rings (SSSR count). The molecule has 2 aliphatic rings. The second-order valence-electron chi connectivity index (χ2n) is 7.19. The van der Waals surface area contributed by atoms with Crippen molar-refractivity contribution in [1.82, 2.24) is 9.55 Å². The minimum absolute atomic E-state index is 0.391. The molecule has 9 heteroatoms. The summed E-state index contributed by atoms with van der Waals surface area (Å²) in [5, 5.41) is 19.5. The zero-order valence-electron chi connectivity index (χ0n) is 14.6. The van der Waals surface area contributed by atoms with E-state index in [1.165, 1.54) is 17.9 Å². The topological polar surface area (TPSA) is 114 Å². The summed E-state index contributed by atoms with van der Waals surface area (Å²) < 4.78 is 12.8. The van der Waals surface area contributed by atoms with Gasteiger partial charge in [0.1, 0.15) is 24.9 Å². The van der Waals surface area contributed by atoms with Gasteiger partial charge in [0.25, 0.3) is 5.56 Å². The SMILES string of the molecule is COC1C(O)C(CO)OC1n1cc(C[N+]2(C)CCCC2)c(=O)[nH]c1=O. The molecule has 2 fully saturated rings. The van der Waals surface area contributed by atoms with Gasteiger partial charge in [-0.1, -0.05) is 0 Å². The maximum Gasteiger partial charge on any atom is 0.330 e. The van der Waals surface area contributed by atoms with E-state index in [-0.39, 0.29) is 0 Å². The summed E-state index contributed by atoms with van der Waals surface area (Å²) in [6.07, 6.45) is 0.0952. The van der Waals surface area contributed by atoms with Crippen molar-refractivity contribution in [2.75, 3.05) is 33.9 Å². The van der Waals surface area contributed by atoms with Crippen molar-refractivity contribution in [3.63, 3.8) is 0 Å². The normalized spacial score (nSPS) is 31.5. The van der Waals surface area contributed by atoms with Gasteiger partial charge in [-0.25, -0.2) is 4.79 Å². The number of likely N-dealkylation sites (tertiary alicyclic amines) is 1. The summed E-state index contributed by atoms with van der Waals surface area (Å²) in [7, 11) is 3.50. The number of hydrogen-bond acceptors (Lipinski definition) is 6. The molecule has 9 nitrogen and oxygen atoms in total. The van der Waals surface area contributed by atoms with Gasteiger partial charge < -0.3 is 24.2 Å². The molecule has 3 heterocycles. The molecule has 2 saturated heterocycles. The lowest BCUT2D eigenvalue weighted by molar-refractivity contribution is -0.911. The molecular formula is C16H26N3O6+. The molecule has 25 heavy (non-hydrogen) atoms. The van der Waals surface area contributed by atoms with Gasteiger partial charge in [-0.3, -0.25) is 14.3 Å². The van der Waals surface area contributed by atoms with E-state index >= 15 is 0 Å². The number of aliphatic hydroxyl groups excluding tert-OH is 2. The lowest BCUT2D eigenvalue weighted by atomic mass is 10.1. The first-order valence-electron chi connectivity index (χ1n) is 8.53. The Hall–Kier alpha value is -1.52. The van der Waals surface area contributed by atoms with Crippen molar-refractivity contribution in [3.8, 4) is 0 Å². The Morgan fingerprint density at radius 2 is 2.08 bits per heavy atom. The fourth-order valence-electron chi connectivity index (χ4n) is 3.84. The van der Waals surface area contributed by atoms with Gasteiger partial charge in [-0.2, -0.15) is 0 Å². The van der Waals surface area contributed by atoms with E-state index in [4.69, 9.17) is 9.47 Å². The minimum Gasteiger partial charge on any atom is -0.394 e. The van der Waals surface area contributed by atoms with Crippen LogP contribution in [-0.4, -0.2) is 76.4 Å². The maximum atomic E-state index is 12.3. The van der Waals surface area contributed by atoms with Crippen molar-refractivity contribution in [2.45, 2.75) is 43.9 Å². The first kappa shape index (κ1) is 18.3. The predicted molar refractivity (Wildman–Crippen MR) is 88.0 cm³/mol. The molecule has 1 aromatic rings. The second-order valence-corrected chi connectivity index (χ2v) is 7.19. The van der Waals surface area contributed by atoms with Crippen molar-refractivity contribution in [1.29, 1.82) is 0 Å². The Bertz CT molecular complexity index is 723. The standard InChI is InChI=1S/C16H25N3O6/c1-19(5-3-4-6-19)8-10-7-18(16(23)17-14(10)22)15-13(24-2)12(21)11(9-20)25-15/h7,11-13,15,20-21H,3-6,8-9H2,1-2H3/p+1. The van der Waals surface area contributed by atoms with Crippen LogP contribution in [0.3, 0.4) is 0 Å². The van der Waals surface area contributed by atoms with Gasteiger partial charge in [0.05, 0.1) is 32.3 Å². The molecule has 3 N–H and O–H groups in total. The highest BCUT2D eigenvalue weighted by molar-refractivity contribution is 5.05. The van der Waals surface area contributed by atoms with Crippen molar-refractivity contribution in [3.05, 3.63) is 32.6 Å². The number of rotatable bonds is 5. The van der Waals surface area contributed by atoms with E-state index in [0.717, 1.165) is 30.4 Å². The second kappa shape index (κ2) is 7.00. The van der Waals surface area contributed by atoms with Crippen LogP contribution in [-0.2, 0) is 16.0 Å². The molecular weight excluding hydrogens is 330 g/mol. The van der Waals surface area contributed by atoms with Crippen LogP contribution in [0.25, 0.3) is 0 Å². The van der Waals surface area contributed by atoms with Gasteiger partial charge in [0.2, 0.25) is 0 Å². The summed E-state index contributed by atoms with van der Waals surface area (Å²) in [5.41, 5.74) is -0.543. The molecule has 4 unspecified atom stereocenters. The molecule has 0 saturated carbocycles. The van der Waals surface area contributed by atoms with Crippen LogP contribution in [0, 0.1) is 0 Å². The highest BCUT2D eigenvalue weighted by Crippen LogP contribution is 2.30. The number of H-pyrrole nitrogens is 1. The largest absolute Gasteiger partial charge is 0.394 e. The molecule has 1 aromatic heterocycles. The number of quaternary nitrogens is 1. The molecule has 2 aliphatic heterocycles. The summed E-state index contributed by atoms with van der Waals surface area (Å²) >= 11 is 0. The Labute approximate surface area is 145 Å². The zero-order chi connectivity index (χ0) is 18.2. The van der Waals surface area contributed by atoms with Crippen molar-refractivity contribution < 1.29 is 24.2 Å². The van der Waals surface area contributed by atoms with Crippen LogP contribution in [0.15, 0.2) is 15.8 Å². The number of hydrogen-bond donors (Lipinski definition) is 3. The van der Waals surface area contributed by atoms with Crippen LogP contribution in [0.4, 0.5) is 0 Å². The fraction of sp³-hybridized carbons (Fsp3) is 0.750. The molecule has 0 bridgehead atoms. The Balaban J connectivity index is 1.95. The first-order valence-corrected chi connectivity index (χ1v) is 8.53. The van der Waals surface area contributed by atoms with E-state index in [1.807, 2.05) is 0 Å². The maximum absolute atomic E-state index is 12.3. The lowest BCUT2D eigenvalue weighted by Crippen LogP contribution is -2.44. The van der Waals surface area contributed by atoms with Crippen LogP contribution in [0.5, 0.6) is 0 Å². The van der Waals surface area contributed by atoms with Gasteiger partial charge in [-0.05, 0) is 0 Å². The molecule has 0 amide bonds. The first-order chi connectivity index (χ1) is 11.9. The van der Waals surface area contributed by atoms with Crippen LogP contribution in [0.2, 0.25) is 0 Å². The van der Waals surface area contributed by atoms with Gasteiger partial charge in [-0.15, -0.1) is 0 Å². The summed E-state index contributed by atoms with van der Waals surface area (Å²) in [5.74, 6) is 0. The highest BCUT2D eigenvalue weighted by atomic mass is 16.6. The Morgan fingerprint density at radius 1 is 1.40 bits per heavy atom. The minimum atomic E-state index is -1.06. The molecule has 0 spiro atoms. The Morgan fingerprint density at radius 3 is 2.68 bits per heavy atom. The quantitative estimate of drug-likeness (QED) is 0.556. The highest BCUT2D eigenvalue weighted by Gasteiger charge is 2.45. The smallest absolute Gasteiger partial charge is 0.330 e. The molecule has 0 aromatic carbocycles. The predicted octanol–water partition coefficient (Wildman–Crippen LogP) is -1.46. The average Bonchev–Trinajstić information content (AvgIpc) is 3.13. The third kappa shape index (κ3) is 3.42. The number of aromatic nitrogens is 2. The van der Waals surface area contributed by atoms with E-state index in [0.29, 0.717) is 12.1 Å². The zero-order valence-corrected chi connectivity index (χ0v) is 14.6. The van der Waals surface area contributed by atoms with E-state index in [1.54, 1.807) is 0 Å². The van der Waals surface area contributed by atoms with Crippen LogP contribution in [0.1, 0.15) is 24.6 Å². The number of nitrogens with zero attached hydrogens (tertiary/aromatic N) is 2. The van der Waals surface area contributed by atoms with Gasteiger partial charge in [0, 0.05) is 26.1 Å². The third-order valence-corrected chi connectivity index (χ3v) is 5.28. The number of aliphatic hydroxyl groups is 2. The lowest BCUT2D eigenvalue weighted by Gasteiger charge is -2.29. The van der Waals surface area contributed by atoms with E-state index < -0.39 is 42.4 Å². The van der Waals surface area contributed by atoms with E-state index in [2.05, 4.69) is 12.0 Å². The molecule has 140 valence electrons. The molecule has 0 radical (unpaired) electrons. The van der Waals surface area contributed by atoms with Crippen LogP contribution >= 0.6 is 0 Å². The molecule has 4 atom stereocenters. The summed E-state index contributed by atoms with van der Waals surface area (Å²) in [6.45, 7) is 2.11. The monoisotopic (exact) mass is 356 g/mol. The summed E-state index contributed by atoms with van der Waals surface area (Å²) in [4.78, 5) is 26.8. The number of aromatic amines is 1. The van der Waals surface area contributed by atoms with Crippen LogP contribution < -0.4 is 11.2 Å². The number of methoxy groups -OCH3 is 1. The Kier molecular flexibility index (Phi) is 5.12. The van der Waals surface area contributed by atoms with Gasteiger partial charge in [0.15, 0.2) is 6.23 Å². The fourth-order valence-corrected chi connectivity index (χ4v) is 3.84. The van der Waals surface area contributed by atoms with Crippen molar-refractivity contribution >= 4 is 0 Å².